The molecule has 0 unspecified atom stereocenters. The lowest BCUT2D eigenvalue weighted by atomic mass is 10.0. The monoisotopic (exact) mass is 235 g/mol. The topological polar surface area (TPSA) is 60.2 Å². The SMILES string of the molecule is COc1ccc(N)c(NCCC2CCCC2)n1. The lowest BCUT2D eigenvalue weighted by Gasteiger charge is -2.12. The molecule has 94 valence electrons. The summed E-state index contributed by atoms with van der Waals surface area (Å²) in [6.45, 7) is 0.940. The molecule has 0 radical (unpaired) electrons. The summed E-state index contributed by atoms with van der Waals surface area (Å²) in [4.78, 5) is 4.30. The largest absolute Gasteiger partial charge is 0.481 e. The number of ether oxygens (including phenoxy) is 1. The zero-order chi connectivity index (χ0) is 12.1. The second-order valence-corrected chi connectivity index (χ2v) is 4.66. The van der Waals surface area contributed by atoms with Gasteiger partial charge in [-0.1, -0.05) is 25.7 Å². The number of pyridine rings is 1. The third-order valence-electron chi connectivity index (χ3n) is 3.43. The Bertz CT molecular complexity index is 362. The summed E-state index contributed by atoms with van der Waals surface area (Å²) in [7, 11) is 1.61. The van der Waals surface area contributed by atoms with E-state index < -0.39 is 0 Å². The lowest BCUT2D eigenvalue weighted by molar-refractivity contribution is 0.398. The van der Waals surface area contributed by atoms with Gasteiger partial charge in [-0.25, -0.2) is 0 Å². The van der Waals surface area contributed by atoms with E-state index in [1.165, 1.54) is 32.1 Å². The van der Waals surface area contributed by atoms with Crippen LogP contribution in [-0.2, 0) is 0 Å². The molecule has 0 saturated heterocycles. The van der Waals surface area contributed by atoms with Gasteiger partial charge in [-0.05, 0) is 18.4 Å². The first-order valence-electron chi connectivity index (χ1n) is 6.34. The molecule has 1 aromatic heterocycles. The maximum Gasteiger partial charge on any atom is 0.215 e. The molecule has 1 fully saturated rings. The van der Waals surface area contributed by atoms with Crippen LogP contribution in [-0.4, -0.2) is 18.6 Å². The number of methoxy groups -OCH3 is 1. The van der Waals surface area contributed by atoms with Crippen LogP contribution in [0.15, 0.2) is 12.1 Å². The molecule has 17 heavy (non-hydrogen) atoms. The number of rotatable bonds is 5. The quantitative estimate of drug-likeness (QED) is 0.823. The Balaban J connectivity index is 1.84. The Kier molecular flexibility index (Phi) is 4.07. The second kappa shape index (κ2) is 5.75. The first kappa shape index (κ1) is 12.0. The minimum absolute atomic E-state index is 0.600. The van der Waals surface area contributed by atoms with Gasteiger partial charge in [0.2, 0.25) is 5.88 Å². The summed E-state index contributed by atoms with van der Waals surface area (Å²) < 4.78 is 5.08. The first-order chi connectivity index (χ1) is 8.29. The smallest absolute Gasteiger partial charge is 0.215 e. The first-order valence-corrected chi connectivity index (χ1v) is 6.34. The fraction of sp³-hybridized carbons (Fsp3) is 0.615. The molecule has 0 amide bonds. The highest BCUT2D eigenvalue weighted by atomic mass is 16.5. The van der Waals surface area contributed by atoms with E-state index in [9.17, 15) is 0 Å². The average molecular weight is 235 g/mol. The number of hydrogen-bond acceptors (Lipinski definition) is 4. The maximum absolute atomic E-state index is 5.86. The van der Waals surface area contributed by atoms with Crippen molar-refractivity contribution in [1.29, 1.82) is 0 Å². The minimum Gasteiger partial charge on any atom is -0.481 e. The molecule has 1 aliphatic carbocycles. The Hall–Kier alpha value is -1.45. The van der Waals surface area contributed by atoms with Crippen LogP contribution >= 0.6 is 0 Å². The molecule has 0 spiro atoms. The summed E-state index contributed by atoms with van der Waals surface area (Å²) in [6.07, 6.45) is 6.75. The zero-order valence-electron chi connectivity index (χ0n) is 10.4. The molecule has 0 atom stereocenters. The standard InChI is InChI=1S/C13H21N3O/c1-17-12-7-6-11(14)13(16-12)15-9-8-10-4-2-3-5-10/h6-7,10H,2-5,8-9,14H2,1H3,(H,15,16). The Morgan fingerprint density at radius 1 is 1.41 bits per heavy atom. The van der Waals surface area contributed by atoms with Crippen molar-refractivity contribution in [2.75, 3.05) is 24.7 Å². The minimum atomic E-state index is 0.600. The van der Waals surface area contributed by atoms with Crippen LogP contribution < -0.4 is 15.8 Å². The number of nitrogens with zero attached hydrogens (tertiary/aromatic N) is 1. The average Bonchev–Trinajstić information content (AvgIpc) is 2.84. The third kappa shape index (κ3) is 3.25. The van der Waals surface area contributed by atoms with Gasteiger partial charge < -0.3 is 15.8 Å². The van der Waals surface area contributed by atoms with Gasteiger partial charge in [0.25, 0.3) is 0 Å². The highest BCUT2D eigenvalue weighted by Crippen LogP contribution is 2.27. The molecule has 1 heterocycles. The summed E-state index contributed by atoms with van der Waals surface area (Å²) in [5, 5.41) is 3.30. The fourth-order valence-corrected chi connectivity index (χ4v) is 2.40. The van der Waals surface area contributed by atoms with Gasteiger partial charge in [0, 0.05) is 12.6 Å². The Morgan fingerprint density at radius 2 is 2.18 bits per heavy atom. The van der Waals surface area contributed by atoms with Gasteiger partial charge in [0.05, 0.1) is 12.8 Å². The lowest BCUT2D eigenvalue weighted by Crippen LogP contribution is -2.09. The van der Waals surface area contributed by atoms with Gasteiger partial charge >= 0.3 is 0 Å². The van der Waals surface area contributed by atoms with Crippen molar-refractivity contribution in [3.63, 3.8) is 0 Å². The van der Waals surface area contributed by atoms with E-state index in [2.05, 4.69) is 10.3 Å². The molecule has 2 rings (SSSR count). The van der Waals surface area contributed by atoms with Crippen LogP contribution in [0.1, 0.15) is 32.1 Å². The van der Waals surface area contributed by atoms with Crippen LogP contribution in [0, 0.1) is 5.92 Å². The summed E-state index contributed by atoms with van der Waals surface area (Å²) in [6, 6.07) is 3.60. The van der Waals surface area contributed by atoms with E-state index in [0.717, 1.165) is 18.3 Å². The van der Waals surface area contributed by atoms with E-state index >= 15 is 0 Å². The van der Waals surface area contributed by atoms with Crippen LogP contribution in [0.2, 0.25) is 0 Å². The molecule has 3 N–H and O–H groups in total. The highest BCUT2D eigenvalue weighted by molar-refractivity contribution is 5.61. The summed E-state index contributed by atoms with van der Waals surface area (Å²) >= 11 is 0. The zero-order valence-corrected chi connectivity index (χ0v) is 10.4. The molecule has 0 aliphatic heterocycles. The van der Waals surface area contributed by atoms with Gasteiger partial charge in [-0.15, -0.1) is 0 Å². The molecule has 4 heteroatoms. The van der Waals surface area contributed by atoms with Crippen molar-refractivity contribution in [3.8, 4) is 5.88 Å². The van der Waals surface area contributed by atoms with E-state index in [4.69, 9.17) is 10.5 Å². The van der Waals surface area contributed by atoms with Crippen molar-refractivity contribution in [3.05, 3.63) is 12.1 Å². The third-order valence-corrected chi connectivity index (χ3v) is 3.43. The summed E-state index contributed by atoms with van der Waals surface area (Å²) in [5.74, 6) is 2.22. The van der Waals surface area contributed by atoms with Gasteiger partial charge in [-0.2, -0.15) is 4.98 Å². The number of hydrogen-bond donors (Lipinski definition) is 2. The van der Waals surface area contributed by atoms with Crippen LogP contribution in [0.5, 0.6) is 5.88 Å². The number of nitrogens with two attached hydrogens (primary N) is 1. The number of aromatic nitrogens is 1. The van der Waals surface area contributed by atoms with Crippen molar-refractivity contribution in [2.24, 2.45) is 5.92 Å². The molecule has 1 saturated carbocycles. The predicted molar refractivity (Wildman–Crippen MR) is 70.3 cm³/mol. The van der Waals surface area contributed by atoms with Gasteiger partial charge in [0.15, 0.2) is 5.82 Å². The van der Waals surface area contributed by atoms with Crippen LogP contribution in [0.4, 0.5) is 11.5 Å². The second-order valence-electron chi connectivity index (χ2n) is 4.66. The number of nitrogen functional groups attached to an aromatic ring is 1. The fourth-order valence-electron chi connectivity index (χ4n) is 2.40. The highest BCUT2D eigenvalue weighted by Gasteiger charge is 2.14. The van der Waals surface area contributed by atoms with E-state index in [0.29, 0.717) is 11.6 Å². The van der Waals surface area contributed by atoms with Gasteiger partial charge in [0.1, 0.15) is 0 Å². The van der Waals surface area contributed by atoms with E-state index in [1.54, 1.807) is 13.2 Å². The van der Waals surface area contributed by atoms with Crippen molar-refractivity contribution in [1.82, 2.24) is 4.98 Å². The van der Waals surface area contributed by atoms with Crippen molar-refractivity contribution < 1.29 is 4.74 Å². The van der Waals surface area contributed by atoms with Crippen LogP contribution in [0.3, 0.4) is 0 Å². The summed E-state index contributed by atoms with van der Waals surface area (Å²) in [5.41, 5.74) is 6.54. The maximum atomic E-state index is 5.86. The van der Waals surface area contributed by atoms with Crippen LogP contribution in [0.25, 0.3) is 0 Å². The Morgan fingerprint density at radius 3 is 2.88 bits per heavy atom. The molecule has 1 aromatic rings. The van der Waals surface area contributed by atoms with Crippen molar-refractivity contribution in [2.45, 2.75) is 32.1 Å². The normalized spacial score (nSPS) is 16.1. The van der Waals surface area contributed by atoms with E-state index in [1.807, 2.05) is 6.07 Å². The predicted octanol–water partition coefficient (Wildman–Crippen LogP) is 2.66. The molecule has 1 aliphatic rings. The molecule has 0 bridgehead atoms. The molecule has 0 aromatic carbocycles. The number of nitrogens with one attached hydrogen (secondary N) is 1. The number of anilines is 2. The van der Waals surface area contributed by atoms with E-state index in [-0.39, 0.29) is 0 Å². The Labute approximate surface area is 103 Å². The molecular weight excluding hydrogens is 214 g/mol. The molecular formula is C13H21N3O. The van der Waals surface area contributed by atoms with Gasteiger partial charge in [-0.3, -0.25) is 0 Å². The van der Waals surface area contributed by atoms with Crippen molar-refractivity contribution >= 4 is 11.5 Å². The molecule has 4 nitrogen and oxygen atoms in total.